The second kappa shape index (κ2) is 9.47. The van der Waals surface area contributed by atoms with Crippen LogP contribution < -0.4 is 4.74 Å². The van der Waals surface area contributed by atoms with Crippen molar-refractivity contribution in [3.63, 3.8) is 0 Å². The molecule has 0 radical (unpaired) electrons. The summed E-state index contributed by atoms with van der Waals surface area (Å²) in [5, 5.41) is 11.9. The summed E-state index contributed by atoms with van der Waals surface area (Å²) in [6.45, 7) is 1.71. The fourth-order valence-electron chi connectivity index (χ4n) is 4.40. The van der Waals surface area contributed by atoms with Gasteiger partial charge in [0.2, 0.25) is 0 Å². The number of hydrogen-bond donors (Lipinski definition) is 1. The Morgan fingerprint density at radius 1 is 1.14 bits per heavy atom. The molecule has 5 aromatic rings. The van der Waals surface area contributed by atoms with Crippen LogP contribution in [0.1, 0.15) is 22.9 Å². The molecule has 6 rings (SSSR count). The van der Waals surface area contributed by atoms with Gasteiger partial charge in [0, 0.05) is 62.7 Å². The number of methoxy groups -OCH3 is 1. The van der Waals surface area contributed by atoms with Crippen molar-refractivity contribution in [2.45, 2.75) is 13.1 Å². The monoisotopic (exact) mass is 501 g/mol. The zero-order chi connectivity index (χ0) is 25.4. The van der Waals surface area contributed by atoms with Crippen LogP contribution in [0.2, 0.25) is 0 Å². The van der Waals surface area contributed by atoms with Gasteiger partial charge in [0.15, 0.2) is 17.3 Å². The quantitative estimate of drug-likeness (QED) is 0.318. The molecule has 1 aliphatic rings. The van der Waals surface area contributed by atoms with Gasteiger partial charge >= 0.3 is 0 Å². The minimum atomic E-state index is -0.511. The molecule has 0 bridgehead atoms. The van der Waals surface area contributed by atoms with Crippen molar-refractivity contribution in [1.82, 2.24) is 25.2 Å². The Bertz CT molecular complexity index is 1580. The first-order valence-electron chi connectivity index (χ1n) is 11.7. The van der Waals surface area contributed by atoms with Gasteiger partial charge in [-0.1, -0.05) is 17.3 Å². The summed E-state index contributed by atoms with van der Waals surface area (Å²) in [4.78, 5) is 18.9. The lowest BCUT2D eigenvalue weighted by Gasteiger charge is -2.15. The molecule has 1 amide bonds. The van der Waals surface area contributed by atoms with E-state index in [0.717, 1.165) is 16.7 Å². The van der Waals surface area contributed by atoms with Gasteiger partial charge < -0.3 is 18.9 Å². The molecule has 0 atom stereocenters. The van der Waals surface area contributed by atoms with Crippen LogP contribution in [0.4, 0.5) is 4.39 Å². The Hall–Kier alpha value is -4.57. The van der Waals surface area contributed by atoms with E-state index < -0.39 is 5.82 Å². The Morgan fingerprint density at radius 3 is 2.78 bits per heavy atom. The summed E-state index contributed by atoms with van der Waals surface area (Å²) in [6, 6.07) is 13.8. The van der Waals surface area contributed by atoms with Gasteiger partial charge in [-0.3, -0.25) is 14.9 Å². The SMILES string of the molecule is COCCOc1cc2[nH]nc(-c3cc(-c4ccc(C(=O)N5Cc6ccncc6C5)cc4)no3)c2cc1F.[HH]. The van der Waals surface area contributed by atoms with Crippen LogP contribution in [0.3, 0.4) is 0 Å². The molecule has 4 heterocycles. The number of pyridine rings is 1. The summed E-state index contributed by atoms with van der Waals surface area (Å²) in [7, 11) is 1.55. The van der Waals surface area contributed by atoms with Gasteiger partial charge in [-0.2, -0.15) is 5.10 Å². The Balaban J connectivity index is 0.00000294. The molecule has 0 saturated heterocycles. The second-order valence-electron chi connectivity index (χ2n) is 8.70. The normalized spacial score (nSPS) is 12.8. The lowest BCUT2D eigenvalue weighted by molar-refractivity contribution is 0.0751. The molecule has 9 nitrogen and oxygen atoms in total. The number of halogens is 1. The highest BCUT2D eigenvalue weighted by Crippen LogP contribution is 2.33. The lowest BCUT2D eigenvalue weighted by atomic mass is 10.1. The molecule has 1 N–H and O–H groups in total. The third-order valence-corrected chi connectivity index (χ3v) is 6.35. The van der Waals surface area contributed by atoms with Gasteiger partial charge in [0.05, 0.1) is 12.1 Å². The first-order chi connectivity index (χ1) is 18.1. The first-order valence-corrected chi connectivity index (χ1v) is 11.7. The molecule has 0 spiro atoms. The van der Waals surface area contributed by atoms with Crippen molar-refractivity contribution in [3.8, 4) is 28.5 Å². The molecule has 0 fully saturated rings. The van der Waals surface area contributed by atoms with Crippen LogP contribution in [-0.4, -0.2) is 51.5 Å². The van der Waals surface area contributed by atoms with E-state index in [9.17, 15) is 9.18 Å². The van der Waals surface area contributed by atoms with E-state index in [0.29, 0.717) is 53.3 Å². The van der Waals surface area contributed by atoms with E-state index in [1.54, 1.807) is 48.7 Å². The maximum absolute atomic E-state index is 14.6. The number of H-pyrrole nitrogens is 1. The van der Waals surface area contributed by atoms with E-state index in [-0.39, 0.29) is 19.7 Å². The minimum absolute atomic E-state index is 0. The third-order valence-electron chi connectivity index (χ3n) is 6.35. The fourth-order valence-corrected chi connectivity index (χ4v) is 4.40. The van der Waals surface area contributed by atoms with Crippen molar-refractivity contribution < 1.29 is 24.6 Å². The van der Waals surface area contributed by atoms with Crippen LogP contribution in [0, 0.1) is 5.82 Å². The number of nitrogens with zero attached hydrogens (tertiary/aromatic N) is 4. The summed E-state index contributed by atoms with van der Waals surface area (Å²) >= 11 is 0. The van der Waals surface area contributed by atoms with Crippen molar-refractivity contribution in [2.75, 3.05) is 20.3 Å². The highest BCUT2D eigenvalue weighted by molar-refractivity contribution is 5.95. The number of benzene rings is 2. The number of aromatic amines is 1. The van der Waals surface area contributed by atoms with E-state index in [2.05, 4.69) is 20.3 Å². The summed E-state index contributed by atoms with van der Waals surface area (Å²) in [5.74, 6) is -0.0535. The van der Waals surface area contributed by atoms with E-state index >= 15 is 0 Å². The van der Waals surface area contributed by atoms with Crippen molar-refractivity contribution in [3.05, 3.63) is 83.4 Å². The topological polar surface area (TPSA) is 106 Å². The molecule has 10 heteroatoms. The Morgan fingerprint density at radius 2 is 1.97 bits per heavy atom. The first kappa shape index (κ1) is 22.9. The average Bonchev–Trinajstić information content (AvgIpc) is 3.66. The molecule has 1 aliphatic heterocycles. The largest absolute Gasteiger partial charge is 0.488 e. The minimum Gasteiger partial charge on any atom is -0.488 e. The summed E-state index contributed by atoms with van der Waals surface area (Å²) < 4.78 is 30.5. The van der Waals surface area contributed by atoms with Crippen LogP contribution in [0.5, 0.6) is 5.75 Å². The molecule has 2 aromatic carbocycles. The number of fused-ring (bicyclic) bond motifs is 2. The standard InChI is InChI=1S/C27H22FN5O4.H2/c1-35-8-9-36-24-12-23-20(10-21(24)28)26(31-30-23)25-11-22(32-37-25)16-2-4-17(5-3-16)27(34)33-14-18-6-7-29-13-19(18)15-33;/h2-7,10-13H,8-9,14-15H2,1H3,(H,30,31);1H. The second-order valence-corrected chi connectivity index (χ2v) is 8.70. The zero-order valence-electron chi connectivity index (χ0n) is 19.9. The molecule has 0 aliphatic carbocycles. The summed E-state index contributed by atoms with van der Waals surface area (Å²) in [5.41, 5.74) is 5.17. The number of aromatic nitrogens is 4. The molecular weight excluding hydrogens is 477 g/mol. The van der Waals surface area contributed by atoms with Gasteiger partial charge in [0.25, 0.3) is 5.91 Å². The average molecular weight is 502 g/mol. The van der Waals surface area contributed by atoms with Crippen LogP contribution in [0.15, 0.2) is 65.4 Å². The van der Waals surface area contributed by atoms with Crippen molar-refractivity contribution in [1.29, 1.82) is 0 Å². The number of amides is 1. The predicted octanol–water partition coefficient (Wildman–Crippen LogP) is 4.85. The third kappa shape index (κ3) is 4.31. The highest BCUT2D eigenvalue weighted by Gasteiger charge is 2.24. The Kier molecular flexibility index (Phi) is 5.85. The van der Waals surface area contributed by atoms with Gasteiger partial charge in [-0.05, 0) is 35.4 Å². The number of carbonyl (C=O) groups excluding carboxylic acids is 1. The number of carbonyl (C=O) groups is 1. The lowest BCUT2D eigenvalue weighted by Crippen LogP contribution is -2.25. The molecule has 3 aromatic heterocycles. The fraction of sp³-hybridized carbons (Fsp3) is 0.185. The smallest absolute Gasteiger partial charge is 0.254 e. The molecule has 188 valence electrons. The van der Waals surface area contributed by atoms with Gasteiger partial charge in [0.1, 0.15) is 18.0 Å². The summed E-state index contributed by atoms with van der Waals surface area (Å²) in [6.07, 6.45) is 3.55. The predicted molar refractivity (Wildman–Crippen MR) is 134 cm³/mol. The van der Waals surface area contributed by atoms with Gasteiger partial charge in [-0.15, -0.1) is 0 Å². The molecule has 0 saturated carbocycles. The van der Waals surface area contributed by atoms with Crippen molar-refractivity contribution in [2.24, 2.45) is 0 Å². The highest BCUT2D eigenvalue weighted by atomic mass is 19.1. The van der Waals surface area contributed by atoms with Crippen LogP contribution in [0.25, 0.3) is 33.6 Å². The zero-order valence-corrected chi connectivity index (χ0v) is 19.9. The van der Waals surface area contributed by atoms with Crippen LogP contribution in [-0.2, 0) is 17.8 Å². The van der Waals surface area contributed by atoms with Gasteiger partial charge in [-0.25, -0.2) is 4.39 Å². The molecular formula is C27H24FN5O4. The van der Waals surface area contributed by atoms with Crippen molar-refractivity contribution >= 4 is 16.8 Å². The maximum Gasteiger partial charge on any atom is 0.254 e. The number of hydrogen-bond acceptors (Lipinski definition) is 7. The maximum atomic E-state index is 14.6. The molecule has 0 unspecified atom stereocenters. The Labute approximate surface area is 212 Å². The number of nitrogens with one attached hydrogen (secondary N) is 1. The van der Waals surface area contributed by atoms with Crippen LogP contribution >= 0.6 is 0 Å². The number of rotatable bonds is 7. The van der Waals surface area contributed by atoms with E-state index in [1.165, 1.54) is 6.07 Å². The van der Waals surface area contributed by atoms with E-state index in [4.69, 9.17) is 14.0 Å². The van der Waals surface area contributed by atoms with E-state index in [1.807, 2.05) is 18.2 Å². The number of ether oxygens (including phenoxy) is 2. The molecule has 37 heavy (non-hydrogen) atoms.